The SMILES string of the molecule is CC1CN(S(=O)(=O)c2ccc3[nH]c(=O)oc3c2)CC(C)N1CCCN(C)C. The Labute approximate surface area is 159 Å². The van der Waals surface area contributed by atoms with E-state index in [-0.39, 0.29) is 22.6 Å². The van der Waals surface area contributed by atoms with Gasteiger partial charge in [-0.2, -0.15) is 4.31 Å². The second-order valence-electron chi connectivity index (χ2n) is 7.59. The highest BCUT2D eigenvalue weighted by Crippen LogP contribution is 2.25. The fourth-order valence-corrected chi connectivity index (χ4v) is 5.37. The molecule has 1 aromatic heterocycles. The molecule has 0 amide bonds. The lowest BCUT2D eigenvalue weighted by Crippen LogP contribution is -2.58. The molecule has 9 heteroatoms. The third kappa shape index (κ3) is 4.26. The van der Waals surface area contributed by atoms with Crippen molar-refractivity contribution in [3.05, 3.63) is 28.7 Å². The van der Waals surface area contributed by atoms with Gasteiger partial charge in [0.2, 0.25) is 10.0 Å². The van der Waals surface area contributed by atoms with Crippen molar-refractivity contribution in [2.45, 2.75) is 37.2 Å². The van der Waals surface area contributed by atoms with Crippen molar-refractivity contribution in [1.82, 2.24) is 19.1 Å². The molecule has 1 aliphatic heterocycles. The van der Waals surface area contributed by atoms with Crippen molar-refractivity contribution in [2.24, 2.45) is 0 Å². The largest absolute Gasteiger partial charge is 0.417 e. The molecule has 2 heterocycles. The predicted molar refractivity (Wildman–Crippen MR) is 104 cm³/mol. The van der Waals surface area contributed by atoms with E-state index in [1.807, 2.05) is 0 Å². The summed E-state index contributed by atoms with van der Waals surface area (Å²) in [5.74, 6) is -0.590. The summed E-state index contributed by atoms with van der Waals surface area (Å²) in [6.45, 7) is 7.01. The van der Waals surface area contributed by atoms with Gasteiger partial charge < -0.3 is 9.32 Å². The van der Waals surface area contributed by atoms with Crippen LogP contribution in [0.3, 0.4) is 0 Å². The van der Waals surface area contributed by atoms with Crippen molar-refractivity contribution in [1.29, 1.82) is 0 Å². The molecule has 1 aliphatic rings. The number of aromatic nitrogens is 1. The van der Waals surface area contributed by atoms with Gasteiger partial charge in [0.25, 0.3) is 0 Å². The van der Waals surface area contributed by atoms with E-state index in [1.54, 1.807) is 6.07 Å². The van der Waals surface area contributed by atoms with E-state index < -0.39 is 15.8 Å². The number of nitrogens with zero attached hydrogens (tertiary/aromatic N) is 3. The van der Waals surface area contributed by atoms with Crippen LogP contribution in [-0.2, 0) is 10.0 Å². The number of sulfonamides is 1. The molecule has 0 spiro atoms. The van der Waals surface area contributed by atoms with Crippen LogP contribution in [0.25, 0.3) is 11.1 Å². The minimum Gasteiger partial charge on any atom is -0.408 e. The average Bonchev–Trinajstić information content (AvgIpc) is 2.95. The first-order valence-electron chi connectivity index (χ1n) is 9.22. The summed E-state index contributed by atoms with van der Waals surface area (Å²) in [6.07, 6.45) is 1.05. The molecule has 1 fully saturated rings. The van der Waals surface area contributed by atoms with Gasteiger partial charge in [-0.3, -0.25) is 9.88 Å². The van der Waals surface area contributed by atoms with Crippen LogP contribution in [0, 0.1) is 0 Å². The summed E-state index contributed by atoms with van der Waals surface area (Å²) >= 11 is 0. The topological polar surface area (TPSA) is 89.9 Å². The molecule has 1 saturated heterocycles. The maximum atomic E-state index is 13.1. The van der Waals surface area contributed by atoms with E-state index in [0.717, 1.165) is 19.5 Å². The van der Waals surface area contributed by atoms with Gasteiger partial charge >= 0.3 is 5.76 Å². The molecular weight excluding hydrogens is 368 g/mol. The third-order valence-corrected chi connectivity index (χ3v) is 6.95. The first kappa shape index (κ1) is 20.1. The first-order valence-corrected chi connectivity index (χ1v) is 10.7. The van der Waals surface area contributed by atoms with Gasteiger partial charge in [0.05, 0.1) is 10.4 Å². The Balaban J connectivity index is 1.76. The van der Waals surface area contributed by atoms with Crippen molar-refractivity contribution < 1.29 is 12.8 Å². The zero-order valence-electron chi connectivity index (χ0n) is 16.3. The maximum Gasteiger partial charge on any atom is 0.417 e. The predicted octanol–water partition coefficient (Wildman–Crippen LogP) is 1.16. The van der Waals surface area contributed by atoms with E-state index in [2.05, 4.69) is 42.7 Å². The minimum atomic E-state index is -3.64. The highest BCUT2D eigenvalue weighted by molar-refractivity contribution is 7.89. The molecule has 1 aromatic carbocycles. The van der Waals surface area contributed by atoms with Gasteiger partial charge in [0.1, 0.15) is 0 Å². The maximum absolute atomic E-state index is 13.1. The van der Waals surface area contributed by atoms with Gasteiger partial charge in [0.15, 0.2) is 5.58 Å². The van der Waals surface area contributed by atoms with Gasteiger partial charge in [0, 0.05) is 37.8 Å². The van der Waals surface area contributed by atoms with Crippen LogP contribution in [0.4, 0.5) is 0 Å². The summed E-state index contributed by atoms with van der Waals surface area (Å²) in [6, 6.07) is 4.78. The van der Waals surface area contributed by atoms with E-state index in [4.69, 9.17) is 4.42 Å². The molecule has 2 unspecified atom stereocenters. The van der Waals surface area contributed by atoms with Crippen LogP contribution in [-0.4, -0.2) is 79.9 Å². The molecule has 8 nitrogen and oxygen atoms in total. The van der Waals surface area contributed by atoms with Crippen LogP contribution < -0.4 is 5.76 Å². The second-order valence-corrected chi connectivity index (χ2v) is 9.53. The average molecular weight is 397 g/mol. The monoisotopic (exact) mass is 396 g/mol. The number of benzene rings is 1. The molecule has 3 rings (SSSR count). The van der Waals surface area contributed by atoms with Crippen LogP contribution in [0.15, 0.2) is 32.3 Å². The van der Waals surface area contributed by atoms with E-state index in [9.17, 15) is 13.2 Å². The molecule has 0 bridgehead atoms. The number of hydrogen-bond acceptors (Lipinski definition) is 6. The first-order chi connectivity index (χ1) is 12.7. The third-order valence-electron chi connectivity index (χ3n) is 5.12. The zero-order valence-corrected chi connectivity index (χ0v) is 17.1. The second kappa shape index (κ2) is 7.75. The highest BCUT2D eigenvalue weighted by Gasteiger charge is 2.36. The molecule has 2 aromatic rings. The molecule has 2 atom stereocenters. The van der Waals surface area contributed by atoms with Gasteiger partial charge in [-0.1, -0.05) is 0 Å². The van der Waals surface area contributed by atoms with Crippen LogP contribution >= 0.6 is 0 Å². The molecule has 0 radical (unpaired) electrons. The van der Waals surface area contributed by atoms with Gasteiger partial charge in [-0.25, -0.2) is 13.2 Å². The molecule has 0 aliphatic carbocycles. The van der Waals surface area contributed by atoms with Crippen molar-refractivity contribution >= 4 is 21.1 Å². The van der Waals surface area contributed by atoms with Gasteiger partial charge in [-0.05, 0) is 53.0 Å². The Morgan fingerprint density at radius 1 is 1.22 bits per heavy atom. The lowest BCUT2D eigenvalue weighted by Gasteiger charge is -2.44. The zero-order chi connectivity index (χ0) is 19.8. The van der Waals surface area contributed by atoms with Crippen LogP contribution in [0.2, 0.25) is 0 Å². The number of H-pyrrole nitrogens is 1. The molecule has 150 valence electrons. The lowest BCUT2D eigenvalue weighted by molar-refractivity contribution is 0.0740. The van der Waals surface area contributed by atoms with Crippen LogP contribution in [0.5, 0.6) is 0 Å². The Hall–Kier alpha value is -1.68. The number of nitrogens with one attached hydrogen (secondary N) is 1. The Morgan fingerprint density at radius 2 is 1.89 bits per heavy atom. The number of piperazine rings is 1. The molecule has 27 heavy (non-hydrogen) atoms. The molecule has 0 saturated carbocycles. The smallest absolute Gasteiger partial charge is 0.408 e. The Kier molecular flexibility index (Phi) is 5.76. The van der Waals surface area contributed by atoms with E-state index in [1.165, 1.54) is 16.4 Å². The summed E-state index contributed by atoms with van der Waals surface area (Å²) < 4.78 is 32.8. The number of fused-ring (bicyclic) bond motifs is 1. The van der Waals surface area contributed by atoms with Crippen molar-refractivity contribution in [3.8, 4) is 0 Å². The van der Waals surface area contributed by atoms with E-state index >= 15 is 0 Å². The fourth-order valence-electron chi connectivity index (χ4n) is 3.75. The fraction of sp³-hybridized carbons (Fsp3) is 0.611. The lowest BCUT2D eigenvalue weighted by atomic mass is 10.1. The van der Waals surface area contributed by atoms with Crippen molar-refractivity contribution in [3.63, 3.8) is 0 Å². The number of aromatic amines is 1. The normalized spacial score (nSPS) is 22.7. The summed E-state index contributed by atoms with van der Waals surface area (Å²) in [5.41, 5.74) is 0.746. The highest BCUT2D eigenvalue weighted by atomic mass is 32.2. The summed E-state index contributed by atoms with van der Waals surface area (Å²) in [4.78, 5) is 18.5. The summed E-state index contributed by atoms with van der Waals surface area (Å²) in [5, 5.41) is 0. The van der Waals surface area contributed by atoms with E-state index in [0.29, 0.717) is 18.6 Å². The van der Waals surface area contributed by atoms with Gasteiger partial charge in [-0.15, -0.1) is 0 Å². The Bertz CT molecular complexity index is 938. The van der Waals surface area contributed by atoms with Crippen LogP contribution in [0.1, 0.15) is 20.3 Å². The number of rotatable bonds is 6. The standard InChI is InChI=1S/C18H28N4O4S/c1-13-11-21(12-14(2)22(13)9-5-8-20(3)4)27(24,25)15-6-7-16-17(10-15)26-18(23)19-16/h6-7,10,13-14H,5,8-9,11-12H2,1-4H3,(H,19,23). The van der Waals surface area contributed by atoms with Crippen molar-refractivity contribution in [2.75, 3.05) is 40.3 Å². The molecule has 1 N–H and O–H groups in total. The number of oxazole rings is 1. The quantitative estimate of drug-likeness (QED) is 0.788. The Morgan fingerprint density at radius 3 is 2.52 bits per heavy atom. The minimum absolute atomic E-state index is 0.139. The summed E-state index contributed by atoms with van der Waals surface area (Å²) in [7, 11) is 0.468. The molecular formula is C18H28N4O4S. The number of hydrogen-bond donors (Lipinski definition) is 1.